The quantitative estimate of drug-likeness (QED) is 0.657. The Hall–Kier alpha value is -1.19. The van der Waals surface area contributed by atoms with Gasteiger partial charge >= 0.3 is 0 Å². The van der Waals surface area contributed by atoms with E-state index in [0.717, 1.165) is 31.8 Å². The minimum absolute atomic E-state index is 0.387. The number of allylic oxidation sites excluding steroid dienone is 4. The summed E-state index contributed by atoms with van der Waals surface area (Å²) >= 11 is 0. The van der Waals surface area contributed by atoms with Crippen LogP contribution in [-0.4, -0.2) is 31.4 Å². The molecule has 2 aliphatic heterocycles. The summed E-state index contributed by atoms with van der Waals surface area (Å²) in [5, 5.41) is 6.87. The molecular formula is C12H15N3. The fourth-order valence-corrected chi connectivity index (χ4v) is 2.20. The van der Waals surface area contributed by atoms with Crippen molar-refractivity contribution in [2.75, 3.05) is 19.6 Å². The van der Waals surface area contributed by atoms with Crippen molar-refractivity contribution in [3.63, 3.8) is 0 Å². The van der Waals surface area contributed by atoms with Gasteiger partial charge in [0.05, 0.1) is 17.5 Å². The summed E-state index contributed by atoms with van der Waals surface area (Å²) in [4.78, 5) is 4.67. The molecule has 3 aliphatic rings. The summed E-state index contributed by atoms with van der Waals surface area (Å²) in [6.45, 7) is 3.08. The average Bonchev–Trinajstić information content (AvgIpc) is 2.74. The lowest BCUT2D eigenvalue weighted by Gasteiger charge is -2.23. The summed E-state index contributed by atoms with van der Waals surface area (Å²) in [7, 11) is 0. The van der Waals surface area contributed by atoms with Gasteiger partial charge in [0, 0.05) is 19.6 Å². The van der Waals surface area contributed by atoms with Crippen LogP contribution < -0.4 is 10.6 Å². The molecule has 1 saturated heterocycles. The zero-order valence-electron chi connectivity index (χ0n) is 8.66. The van der Waals surface area contributed by atoms with E-state index in [4.69, 9.17) is 0 Å². The lowest BCUT2D eigenvalue weighted by molar-refractivity contribution is 0.489. The molecule has 1 fully saturated rings. The largest absolute Gasteiger partial charge is 0.314 e. The molecule has 0 bridgehead atoms. The normalized spacial score (nSPS) is 29.3. The molecule has 0 saturated carbocycles. The molecule has 3 nitrogen and oxygen atoms in total. The number of hydrogen-bond acceptors (Lipinski definition) is 3. The number of hydrogen-bond donors (Lipinski definition) is 2. The van der Waals surface area contributed by atoms with Gasteiger partial charge in [-0.25, -0.2) is 0 Å². The third kappa shape index (κ3) is 1.68. The van der Waals surface area contributed by atoms with E-state index < -0.39 is 0 Å². The molecule has 0 radical (unpaired) electrons. The third-order valence-electron chi connectivity index (χ3n) is 3.03. The van der Waals surface area contributed by atoms with Crippen molar-refractivity contribution in [1.82, 2.24) is 10.6 Å². The van der Waals surface area contributed by atoms with Crippen LogP contribution in [0.4, 0.5) is 0 Å². The number of aliphatic imine (C=N–C) groups is 1. The Bertz CT molecular complexity index is 382. The topological polar surface area (TPSA) is 36.4 Å². The minimum atomic E-state index is 0.387. The second-order valence-corrected chi connectivity index (χ2v) is 4.10. The first-order chi connectivity index (χ1) is 7.43. The molecular weight excluding hydrogens is 186 g/mol. The van der Waals surface area contributed by atoms with E-state index in [-0.39, 0.29) is 0 Å². The summed E-state index contributed by atoms with van der Waals surface area (Å²) in [6.07, 6.45) is 9.63. The molecule has 0 aromatic rings. The molecule has 15 heavy (non-hydrogen) atoms. The second-order valence-electron chi connectivity index (χ2n) is 4.10. The Morgan fingerprint density at radius 3 is 3.13 bits per heavy atom. The highest BCUT2D eigenvalue weighted by molar-refractivity contribution is 6.04. The molecule has 1 aliphatic carbocycles. The van der Waals surface area contributed by atoms with Gasteiger partial charge in [0.25, 0.3) is 0 Å². The van der Waals surface area contributed by atoms with Crippen molar-refractivity contribution in [2.45, 2.75) is 12.5 Å². The van der Waals surface area contributed by atoms with Gasteiger partial charge in [-0.3, -0.25) is 4.99 Å². The second kappa shape index (κ2) is 3.76. The van der Waals surface area contributed by atoms with Crippen LogP contribution in [0.5, 0.6) is 0 Å². The van der Waals surface area contributed by atoms with E-state index in [1.807, 2.05) is 0 Å². The summed E-state index contributed by atoms with van der Waals surface area (Å²) in [6, 6.07) is 0.387. The van der Waals surface area contributed by atoms with Crippen molar-refractivity contribution in [1.29, 1.82) is 0 Å². The van der Waals surface area contributed by atoms with Crippen LogP contribution in [0.3, 0.4) is 0 Å². The number of nitrogens with zero attached hydrogens (tertiary/aromatic N) is 1. The molecule has 1 atom stereocenters. The van der Waals surface area contributed by atoms with E-state index in [9.17, 15) is 0 Å². The van der Waals surface area contributed by atoms with Gasteiger partial charge in [-0.05, 0) is 24.1 Å². The minimum Gasteiger partial charge on any atom is -0.314 e. The lowest BCUT2D eigenvalue weighted by atomic mass is 10.0. The van der Waals surface area contributed by atoms with Gasteiger partial charge in [0.2, 0.25) is 0 Å². The van der Waals surface area contributed by atoms with Crippen molar-refractivity contribution >= 4 is 5.71 Å². The molecule has 2 heterocycles. The Labute approximate surface area is 89.7 Å². The number of fused-ring (bicyclic) bond motifs is 1. The highest BCUT2D eigenvalue weighted by atomic mass is 15.1. The van der Waals surface area contributed by atoms with Gasteiger partial charge in [0.1, 0.15) is 0 Å². The molecule has 3 heteroatoms. The predicted molar refractivity (Wildman–Crippen MR) is 62.0 cm³/mol. The van der Waals surface area contributed by atoms with Crippen LogP contribution in [-0.2, 0) is 0 Å². The zero-order chi connectivity index (χ0) is 10.1. The van der Waals surface area contributed by atoms with Crippen molar-refractivity contribution in [2.24, 2.45) is 4.99 Å². The Kier molecular flexibility index (Phi) is 2.27. The standard InChI is InChI=1S/C12H15N3/c1-2-4-10-9(3-1)7-11(15-10)12-8-13-5-6-14-12/h1-2,4,7,12-14H,3,5-6,8H2. The zero-order valence-corrected chi connectivity index (χ0v) is 8.66. The SMILES string of the molecule is C1=CCC2=CC(C3CNCCN3)=NC2=C1. The first-order valence-electron chi connectivity index (χ1n) is 5.54. The van der Waals surface area contributed by atoms with Crippen molar-refractivity contribution < 1.29 is 0 Å². The molecule has 1 unspecified atom stereocenters. The summed E-state index contributed by atoms with van der Waals surface area (Å²) in [5.41, 5.74) is 3.70. The van der Waals surface area contributed by atoms with Gasteiger partial charge in [-0.15, -0.1) is 0 Å². The van der Waals surface area contributed by atoms with E-state index in [1.165, 1.54) is 11.3 Å². The van der Waals surface area contributed by atoms with Crippen LogP contribution in [0.25, 0.3) is 0 Å². The lowest BCUT2D eigenvalue weighted by Crippen LogP contribution is -2.51. The van der Waals surface area contributed by atoms with Gasteiger partial charge in [0.15, 0.2) is 0 Å². The van der Waals surface area contributed by atoms with Crippen LogP contribution >= 0.6 is 0 Å². The average molecular weight is 201 g/mol. The van der Waals surface area contributed by atoms with Crippen LogP contribution in [0.15, 0.2) is 40.6 Å². The van der Waals surface area contributed by atoms with Crippen LogP contribution in [0, 0.1) is 0 Å². The fraction of sp³-hybridized carbons (Fsp3) is 0.417. The highest BCUT2D eigenvalue weighted by Crippen LogP contribution is 2.26. The Morgan fingerprint density at radius 1 is 1.33 bits per heavy atom. The van der Waals surface area contributed by atoms with E-state index in [2.05, 4.69) is 39.9 Å². The fourth-order valence-electron chi connectivity index (χ4n) is 2.20. The molecule has 78 valence electrons. The van der Waals surface area contributed by atoms with Crippen LogP contribution in [0.1, 0.15) is 6.42 Å². The number of nitrogens with one attached hydrogen (secondary N) is 2. The Morgan fingerprint density at radius 2 is 2.33 bits per heavy atom. The first kappa shape index (κ1) is 9.07. The van der Waals surface area contributed by atoms with Gasteiger partial charge in [-0.2, -0.15) is 0 Å². The first-order valence-corrected chi connectivity index (χ1v) is 5.54. The molecule has 0 spiro atoms. The molecule has 3 rings (SSSR count). The molecule has 0 amide bonds. The third-order valence-corrected chi connectivity index (χ3v) is 3.03. The monoisotopic (exact) mass is 201 g/mol. The van der Waals surface area contributed by atoms with Crippen LogP contribution in [0.2, 0.25) is 0 Å². The van der Waals surface area contributed by atoms with Crippen molar-refractivity contribution in [3.8, 4) is 0 Å². The smallest absolute Gasteiger partial charge is 0.0669 e. The van der Waals surface area contributed by atoms with Gasteiger partial charge < -0.3 is 10.6 Å². The van der Waals surface area contributed by atoms with E-state index in [1.54, 1.807) is 0 Å². The van der Waals surface area contributed by atoms with E-state index in [0.29, 0.717) is 6.04 Å². The Balaban J connectivity index is 1.81. The molecule has 2 N–H and O–H groups in total. The number of piperazine rings is 1. The van der Waals surface area contributed by atoms with Crippen molar-refractivity contribution in [3.05, 3.63) is 35.6 Å². The van der Waals surface area contributed by atoms with E-state index >= 15 is 0 Å². The maximum Gasteiger partial charge on any atom is 0.0669 e. The predicted octanol–water partition coefficient (Wildman–Crippen LogP) is 0.773. The summed E-state index contributed by atoms with van der Waals surface area (Å²) < 4.78 is 0. The molecule has 0 aromatic carbocycles. The maximum atomic E-state index is 4.67. The molecule has 0 aromatic heterocycles. The highest BCUT2D eigenvalue weighted by Gasteiger charge is 2.22. The van der Waals surface area contributed by atoms with Gasteiger partial charge in [-0.1, -0.05) is 12.2 Å². The number of rotatable bonds is 1. The summed E-state index contributed by atoms with van der Waals surface area (Å²) in [5.74, 6) is 0. The maximum absolute atomic E-state index is 4.67.